The normalized spacial score (nSPS) is 12.0. The summed E-state index contributed by atoms with van der Waals surface area (Å²) in [5.41, 5.74) is 3.49. The van der Waals surface area contributed by atoms with Gasteiger partial charge in [-0.1, -0.05) is 32.9 Å². The van der Waals surface area contributed by atoms with Crippen molar-refractivity contribution < 1.29 is 12.8 Å². The molecule has 1 heterocycles. The van der Waals surface area contributed by atoms with Crippen molar-refractivity contribution in [3.63, 3.8) is 0 Å². The molecule has 0 saturated carbocycles. The molecule has 0 bridgehead atoms. The first-order chi connectivity index (χ1) is 11.2. The van der Waals surface area contributed by atoms with Crippen LogP contribution in [0.1, 0.15) is 32.1 Å². The van der Waals surface area contributed by atoms with Crippen LogP contribution in [0.2, 0.25) is 0 Å². The molecule has 130 valence electrons. The molecule has 0 fully saturated rings. The van der Waals surface area contributed by atoms with E-state index in [1.807, 2.05) is 12.1 Å². The Morgan fingerprint density at radius 3 is 2.38 bits per heavy atom. The number of thiocarbonyl (C=S) groups is 1. The molecule has 0 aliphatic carbocycles. The maximum absolute atomic E-state index is 12.3. The Labute approximate surface area is 147 Å². The maximum atomic E-state index is 12.3. The first-order valence-corrected chi connectivity index (χ1v) is 9.26. The molecular weight excluding hydrogens is 346 g/mol. The van der Waals surface area contributed by atoms with E-state index in [0.29, 0.717) is 12.3 Å². The molecular formula is C16H21N3O3S2. The van der Waals surface area contributed by atoms with E-state index in [2.05, 4.69) is 36.3 Å². The van der Waals surface area contributed by atoms with Crippen molar-refractivity contribution in [2.75, 3.05) is 0 Å². The van der Waals surface area contributed by atoms with Crippen molar-refractivity contribution in [3.8, 4) is 0 Å². The number of nitrogens with one attached hydrogen (secondary N) is 3. The zero-order valence-electron chi connectivity index (χ0n) is 13.8. The molecule has 6 nitrogen and oxygen atoms in total. The second kappa shape index (κ2) is 7.33. The lowest BCUT2D eigenvalue weighted by atomic mass is 9.87. The summed E-state index contributed by atoms with van der Waals surface area (Å²) in [4.78, 5) is 2.42. The first kappa shape index (κ1) is 18.4. The van der Waals surface area contributed by atoms with E-state index in [9.17, 15) is 8.42 Å². The van der Waals surface area contributed by atoms with Gasteiger partial charge in [-0.25, -0.2) is 8.42 Å². The minimum absolute atomic E-state index is 0.0364. The summed E-state index contributed by atoms with van der Waals surface area (Å²) in [7, 11) is -3.70. The minimum atomic E-state index is -3.70. The largest absolute Gasteiger partial charge is 0.467 e. The molecule has 0 saturated heterocycles. The molecule has 0 spiro atoms. The topological polar surface area (TPSA) is 83.4 Å². The van der Waals surface area contributed by atoms with E-state index in [1.165, 1.54) is 0 Å². The van der Waals surface area contributed by atoms with Gasteiger partial charge < -0.3 is 9.73 Å². The van der Waals surface area contributed by atoms with Crippen LogP contribution in [-0.2, 0) is 22.0 Å². The predicted octanol–water partition coefficient (Wildman–Crippen LogP) is 2.43. The Bertz CT molecular complexity index is 777. The van der Waals surface area contributed by atoms with Gasteiger partial charge in [-0.15, -0.1) is 4.83 Å². The zero-order chi connectivity index (χ0) is 17.8. The Balaban J connectivity index is 1.92. The second-order valence-corrected chi connectivity index (χ2v) is 8.36. The second-order valence-electron chi connectivity index (χ2n) is 6.27. The highest BCUT2D eigenvalue weighted by Gasteiger charge is 2.17. The van der Waals surface area contributed by atoms with E-state index < -0.39 is 10.0 Å². The van der Waals surface area contributed by atoms with Crippen LogP contribution in [0.5, 0.6) is 0 Å². The van der Waals surface area contributed by atoms with E-state index in [0.717, 1.165) is 5.56 Å². The fourth-order valence-corrected chi connectivity index (χ4v) is 2.97. The summed E-state index contributed by atoms with van der Waals surface area (Å²) in [5.74, 6) is 0.694. The van der Waals surface area contributed by atoms with Crippen LogP contribution in [-0.4, -0.2) is 13.5 Å². The summed E-state index contributed by atoms with van der Waals surface area (Å²) < 4.78 is 29.7. The lowest BCUT2D eigenvalue weighted by Crippen LogP contribution is -2.46. The van der Waals surface area contributed by atoms with Crippen molar-refractivity contribution in [2.24, 2.45) is 0 Å². The number of benzene rings is 1. The van der Waals surface area contributed by atoms with E-state index in [-0.39, 0.29) is 15.4 Å². The molecule has 1 aromatic heterocycles. The van der Waals surface area contributed by atoms with Gasteiger partial charge in [0, 0.05) is 0 Å². The van der Waals surface area contributed by atoms with Gasteiger partial charge in [-0.3, -0.25) is 5.43 Å². The molecule has 0 atom stereocenters. The summed E-state index contributed by atoms with van der Waals surface area (Å²) in [6.07, 6.45) is 1.55. The summed E-state index contributed by atoms with van der Waals surface area (Å²) in [6.45, 7) is 6.57. The number of rotatable bonds is 5. The SMILES string of the molecule is CC(C)(C)c1ccc(S(=O)(=O)NNC(=S)NCc2ccco2)cc1. The van der Waals surface area contributed by atoms with Crippen LogP contribution in [0.4, 0.5) is 0 Å². The number of furan rings is 1. The maximum Gasteiger partial charge on any atom is 0.257 e. The van der Waals surface area contributed by atoms with Gasteiger partial charge in [-0.2, -0.15) is 0 Å². The Morgan fingerprint density at radius 1 is 1.17 bits per heavy atom. The molecule has 0 radical (unpaired) electrons. The fraction of sp³-hybridized carbons (Fsp3) is 0.312. The Kier molecular flexibility index (Phi) is 5.63. The quantitative estimate of drug-likeness (QED) is 0.556. The van der Waals surface area contributed by atoms with Gasteiger partial charge in [0.15, 0.2) is 5.11 Å². The van der Waals surface area contributed by atoms with Crippen molar-refractivity contribution >= 4 is 27.4 Å². The third kappa shape index (κ3) is 5.05. The molecule has 0 unspecified atom stereocenters. The van der Waals surface area contributed by atoms with Crippen LogP contribution in [0, 0.1) is 0 Å². The standard InChI is InChI=1S/C16H21N3O3S2/c1-16(2,3)12-6-8-14(9-7-12)24(20,21)19-18-15(23)17-11-13-5-4-10-22-13/h4-10,19H,11H2,1-3H3,(H2,17,18,23). The summed E-state index contributed by atoms with van der Waals surface area (Å²) >= 11 is 5.02. The predicted molar refractivity (Wildman–Crippen MR) is 96.7 cm³/mol. The fourth-order valence-electron chi connectivity index (χ4n) is 1.93. The molecule has 2 aromatic rings. The van der Waals surface area contributed by atoms with Crippen LogP contribution in [0.3, 0.4) is 0 Å². The van der Waals surface area contributed by atoms with Crippen LogP contribution in [0.15, 0.2) is 52.0 Å². The molecule has 0 aliphatic rings. The zero-order valence-corrected chi connectivity index (χ0v) is 15.4. The average Bonchev–Trinajstić information content (AvgIpc) is 3.04. The Morgan fingerprint density at radius 2 is 1.83 bits per heavy atom. The molecule has 2 rings (SSSR count). The van der Waals surface area contributed by atoms with Gasteiger partial charge >= 0.3 is 0 Å². The number of sulfonamides is 1. The highest BCUT2D eigenvalue weighted by Crippen LogP contribution is 2.23. The minimum Gasteiger partial charge on any atom is -0.467 e. The third-order valence-electron chi connectivity index (χ3n) is 3.33. The average molecular weight is 367 g/mol. The van der Waals surface area contributed by atoms with Crippen LogP contribution < -0.4 is 15.6 Å². The molecule has 24 heavy (non-hydrogen) atoms. The molecule has 8 heteroatoms. The number of hydrazine groups is 1. The van der Waals surface area contributed by atoms with Gasteiger partial charge in [0.25, 0.3) is 10.0 Å². The molecule has 3 N–H and O–H groups in total. The summed E-state index contributed by atoms with van der Waals surface area (Å²) in [5, 5.41) is 2.99. The van der Waals surface area contributed by atoms with Gasteiger partial charge in [0.2, 0.25) is 0 Å². The lowest BCUT2D eigenvalue weighted by molar-refractivity contribution is 0.502. The van der Waals surface area contributed by atoms with Gasteiger partial charge in [0.05, 0.1) is 17.7 Å². The third-order valence-corrected chi connectivity index (χ3v) is 4.84. The number of hydrogen-bond donors (Lipinski definition) is 3. The van der Waals surface area contributed by atoms with Gasteiger partial charge in [-0.05, 0) is 47.5 Å². The van der Waals surface area contributed by atoms with E-state index in [1.54, 1.807) is 30.5 Å². The van der Waals surface area contributed by atoms with Crippen molar-refractivity contribution in [2.45, 2.75) is 37.6 Å². The van der Waals surface area contributed by atoms with Gasteiger partial charge in [0.1, 0.15) is 5.76 Å². The first-order valence-electron chi connectivity index (χ1n) is 7.37. The molecule has 0 amide bonds. The van der Waals surface area contributed by atoms with E-state index in [4.69, 9.17) is 16.6 Å². The molecule has 1 aromatic carbocycles. The summed E-state index contributed by atoms with van der Waals surface area (Å²) in [6, 6.07) is 10.3. The highest BCUT2D eigenvalue weighted by atomic mass is 32.2. The van der Waals surface area contributed by atoms with Crippen molar-refractivity contribution in [1.82, 2.24) is 15.6 Å². The van der Waals surface area contributed by atoms with Crippen molar-refractivity contribution in [1.29, 1.82) is 0 Å². The van der Waals surface area contributed by atoms with E-state index >= 15 is 0 Å². The monoisotopic (exact) mass is 367 g/mol. The number of hydrogen-bond acceptors (Lipinski definition) is 4. The highest BCUT2D eigenvalue weighted by molar-refractivity contribution is 7.89. The Hall–Kier alpha value is -1.90. The van der Waals surface area contributed by atoms with Crippen LogP contribution in [0.25, 0.3) is 0 Å². The molecule has 0 aliphatic heterocycles. The lowest BCUT2D eigenvalue weighted by Gasteiger charge is -2.19. The van der Waals surface area contributed by atoms with Crippen molar-refractivity contribution in [3.05, 3.63) is 54.0 Å². The van der Waals surface area contributed by atoms with Crippen LogP contribution >= 0.6 is 12.2 Å². The smallest absolute Gasteiger partial charge is 0.257 e.